The quantitative estimate of drug-likeness (QED) is 0.674. The second-order valence-electron chi connectivity index (χ2n) is 4.88. The number of hydrogen-bond donors (Lipinski definition) is 3. The third-order valence-electron chi connectivity index (χ3n) is 2.86. The summed E-state index contributed by atoms with van der Waals surface area (Å²) in [7, 11) is 1.50. The van der Waals surface area contributed by atoms with Gasteiger partial charge in [0, 0.05) is 12.2 Å². The van der Waals surface area contributed by atoms with E-state index in [1.807, 2.05) is 0 Å². The van der Waals surface area contributed by atoms with Gasteiger partial charge in [-0.3, -0.25) is 9.59 Å². The number of benzene rings is 1. The topological polar surface area (TPSA) is 107 Å². The molecule has 0 heterocycles. The molecule has 0 fully saturated rings. The molecule has 0 radical (unpaired) electrons. The number of carbonyl (C=O) groups is 2. The van der Waals surface area contributed by atoms with Crippen molar-refractivity contribution in [3.05, 3.63) is 23.8 Å². The zero-order chi connectivity index (χ0) is 14.6. The number of nitrogens with one attached hydrogen (secondary N) is 1. The predicted octanol–water partition coefficient (Wildman–Crippen LogP) is 0.519. The number of nitrogen functional groups attached to an aromatic ring is 1. The summed E-state index contributed by atoms with van der Waals surface area (Å²) >= 11 is 0. The van der Waals surface area contributed by atoms with Crippen molar-refractivity contribution < 1.29 is 14.3 Å². The van der Waals surface area contributed by atoms with Gasteiger partial charge in [0.05, 0.1) is 18.1 Å². The van der Waals surface area contributed by atoms with Crippen molar-refractivity contribution in [2.45, 2.75) is 13.8 Å². The molecule has 104 valence electrons. The maximum Gasteiger partial charge on any atom is 0.253 e. The van der Waals surface area contributed by atoms with Crippen LogP contribution in [0.1, 0.15) is 24.2 Å². The van der Waals surface area contributed by atoms with Gasteiger partial charge in [0.25, 0.3) is 5.91 Å². The maximum absolute atomic E-state index is 12.0. The lowest BCUT2D eigenvalue weighted by Crippen LogP contribution is -2.42. The van der Waals surface area contributed by atoms with E-state index in [2.05, 4.69) is 5.32 Å². The molecule has 0 aliphatic heterocycles. The normalized spacial score (nSPS) is 10.9. The summed E-state index contributed by atoms with van der Waals surface area (Å²) in [6, 6.07) is 4.80. The Morgan fingerprint density at radius 2 is 2.00 bits per heavy atom. The summed E-state index contributed by atoms with van der Waals surface area (Å²) in [6.45, 7) is 3.45. The first-order chi connectivity index (χ1) is 8.77. The monoisotopic (exact) mass is 265 g/mol. The molecule has 6 nitrogen and oxygen atoms in total. The molecule has 0 aliphatic rings. The molecule has 0 bridgehead atoms. The number of amides is 2. The summed E-state index contributed by atoms with van der Waals surface area (Å²) in [5.74, 6) is -0.314. The molecule has 1 aromatic rings. The maximum atomic E-state index is 12.0. The van der Waals surface area contributed by atoms with Gasteiger partial charge < -0.3 is 21.5 Å². The van der Waals surface area contributed by atoms with Crippen LogP contribution in [0.2, 0.25) is 0 Å². The number of methoxy groups -OCH3 is 1. The minimum absolute atomic E-state index is 0.137. The minimum Gasteiger partial charge on any atom is -0.497 e. The van der Waals surface area contributed by atoms with Gasteiger partial charge in [0.1, 0.15) is 5.75 Å². The van der Waals surface area contributed by atoms with Crippen molar-refractivity contribution in [3.63, 3.8) is 0 Å². The lowest BCUT2D eigenvalue weighted by atomic mass is 9.92. The first-order valence-corrected chi connectivity index (χ1v) is 5.79. The van der Waals surface area contributed by atoms with Crippen molar-refractivity contribution in [3.8, 4) is 5.75 Å². The molecule has 0 unspecified atom stereocenters. The molecule has 0 saturated heterocycles. The van der Waals surface area contributed by atoms with Crippen LogP contribution in [0.25, 0.3) is 0 Å². The summed E-state index contributed by atoms with van der Waals surface area (Å²) in [5.41, 5.74) is 10.8. The molecule has 1 aromatic carbocycles. The largest absolute Gasteiger partial charge is 0.497 e. The van der Waals surface area contributed by atoms with Crippen LogP contribution in [0, 0.1) is 5.41 Å². The third-order valence-corrected chi connectivity index (χ3v) is 2.86. The SMILES string of the molecule is COc1ccc(N)c(C(=O)NCC(C)(C)C(N)=O)c1. The molecule has 0 atom stereocenters. The van der Waals surface area contributed by atoms with E-state index in [-0.39, 0.29) is 12.5 Å². The van der Waals surface area contributed by atoms with Crippen LogP contribution in [0.3, 0.4) is 0 Å². The van der Waals surface area contributed by atoms with Crippen LogP contribution in [0.4, 0.5) is 5.69 Å². The highest BCUT2D eigenvalue weighted by Crippen LogP contribution is 2.20. The van der Waals surface area contributed by atoms with Gasteiger partial charge in [0.15, 0.2) is 0 Å². The summed E-state index contributed by atoms with van der Waals surface area (Å²) < 4.78 is 5.03. The highest BCUT2D eigenvalue weighted by Gasteiger charge is 2.26. The minimum atomic E-state index is -0.816. The number of anilines is 1. The van der Waals surface area contributed by atoms with E-state index in [4.69, 9.17) is 16.2 Å². The number of ether oxygens (including phenoxy) is 1. The second-order valence-corrected chi connectivity index (χ2v) is 4.88. The van der Waals surface area contributed by atoms with Crippen molar-refractivity contribution in [2.24, 2.45) is 11.1 Å². The summed E-state index contributed by atoms with van der Waals surface area (Å²) in [4.78, 5) is 23.2. The smallest absolute Gasteiger partial charge is 0.253 e. The third kappa shape index (κ3) is 3.61. The molecular formula is C13H19N3O3. The number of primary amides is 1. The molecular weight excluding hydrogens is 246 g/mol. The van der Waals surface area contributed by atoms with E-state index >= 15 is 0 Å². The van der Waals surface area contributed by atoms with Crippen LogP contribution < -0.4 is 21.5 Å². The van der Waals surface area contributed by atoms with E-state index in [0.717, 1.165) is 0 Å². The number of rotatable bonds is 5. The first kappa shape index (κ1) is 14.8. The lowest BCUT2D eigenvalue weighted by molar-refractivity contribution is -0.125. The van der Waals surface area contributed by atoms with Gasteiger partial charge in [-0.15, -0.1) is 0 Å². The first-order valence-electron chi connectivity index (χ1n) is 5.79. The van der Waals surface area contributed by atoms with Crippen LogP contribution in [-0.4, -0.2) is 25.5 Å². The molecule has 1 rings (SSSR count). The highest BCUT2D eigenvalue weighted by molar-refractivity contribution is 5.99. The lowest BCUT2D eigenvalue weighted by Gasteiger charge is -2.21. The fraction of sp³-hybridized carbons (Fsp3) is 0.385. The van der Waals surface area contributed by atoms with Crippen LogP contribution >= 0.6 is 0 Å². The average molecular weight is 265 g/mol. The van der Waals surface area contributed by atoms with Crippen LogP contribution in [0.15, 0.2) is 18.2 Å². The fourth-order valence-corrected chi connectivity index (χ4v) is 1.34. The molecule has 0 saturated carbocycles. The molecule has 5 N–H and O–H groups in total. The Bertz CT molecular complexity index is 498. The molecule has 0 aliphatic carbocycles. The van der Waals surface area contributed by atoms with Gasteiger partial charge in [-0.2, -0.15) is 0 Å². The predicted molar refractivity (Wildman–Crippen MR) is 72.7 cm³/mol. The number of carbonyl (C=O) groups excluding carboxylic acids is 2. The molecule has 0 aromatic heterocycles. The number of nitrogens with two attached hydrogens (primary N) is 2. The number of hydrogen-bond acceptors (Lipinski definition) is 4. The Morgan fingerprint density at radius 1 is 1.37 bits per heavy atom. The van der Waals surface area contributed by atoms with Crippen molar-refractivity contribution in [1.82, 2.24) is 5.32 Å². The van der Waals surface area contributed by atoms with E-state index in [9.17, 15) is 9.59 Å². The van der Waals surface area contributed by atoms with Crippen molar-refractivity contribution >= 4 is 17.5 Å². The van der Waals surface area contributed by atoms with Crippen LogP contribution in [0.5, 0.6) is 5.75 Å². The molecule has 19 heavy (non-hydrogen) atoms. The van der Waals surface area contributed by atoms with Gasteiger partial charge in [-0.25, -0.2) is 0 Å². The van der Waals surface area contributed by atoms with Crippen LogP contribution in [-0.2, 0) is 4.79 Å². The Kier molecular flexibility index (Phi) is 4.37. The van der Waals surface area contributed by atoms with Gasteiger partial charge in [-0.1, -0.05) is 0 Å². The highest BCUT2D eigenvalue weighted by atomic mass is 16.5. The van der Waals surface area contributed by atoms with Gasteiger partial charge >= 0.3 is 0 Å². The molecule has 6 heteroatoms. The summed E-state index contributed by atoms with van der Waals surface area (Å²) in [5, 5.41) is 2.64. The Labute approximate surface area is 112 Å². The molecule has 2 amide bonds. The average Bonchev–Trinajstić information content (AvgIpc) is 2.36. The summed E-state index contributed by atoms with van der Waals surface area (Å²) in [6.07, 6.45) is 0. The van der Waals surface area contributed by atoms with Crippen molar-refractivity contribution in [1.29, 1.82) is 0 Å². The van der Waals surface area contributed by atoms with Crippen molar-refractivity contribution in [2.75, 3.05) is 19.4 Å². The zero-order valence-electron chi connectivity index (χ0n) is 11.3. The second kappa shape index (κ2) is 5.60. The van der Waals surface area contributed by atoms with E-state index < -0.39 is 11.3 Å². The van der Waals surface area contributed by atoms with E-state index in [1.54, 1.807) is 32.0 Å². The Hall–Kier alpha value is -2.24. The molecule has 0 spiro atoms. The zero-order valence-corrected chi connectivity index (χ0v) is 11.3. The van der Waals surface area contributed by atoms with E-state index in [0.29, 0.717) is 17.0 Å². The van der Waals surface area contributed by atoms with E-state index in [1.165, 1.54) is 7.11 Å². The van der Waals surface area contributed by atoms with Gasteiger partial charge in [0.2, 0.25) is 5.91 Å². The Morgan fingerprint density at radius 3 is 2.53 bits per heavy atom. The fourth-order valence-electron chi connectivity index (χ4n) is 1.34. The van der Waals surface area contributed by atoms with Gasteiger partial charge in [-0.05, 0) is 32.0 Å². The Balaban J connectivity index is 2.82. The standard InChI is InChI=1S/C13H19N3O3/c1-13(2,12(15)18)7-16-11(17)9-6-8(19-3)4-5-10(9)14/h4-6H,7,14H2,1-3H3,(H2,15,18)(H,16,17).